The van der Waals surface area contributed by atoms with E-state index in [9.17, 15) is 0 Å². The van der Waals surface area contributed by atoms with Gasteiger partial charge in [0.2, 0.25) is 0 Å². The SMILES string of the molecule is CCCCCCN(CCCCCC)CCOc1ccc(CN(c2ccccc2)c2ccccc2)cc1. The predicted molar refractivity (Wildman–Crippen MR) is 155 cm³/mol. The number of hydrogen-bond acceptors (Lipinski definition) is 3. The summed E-state index contributed by atoms with van der Waals surface area (Å²) in [6, 6.07) is 29.8. The summed E-state index contributed by atoms with van der Waals surface area (Å²) in [5.41, 5.74) is 3.66. The van der Waals surface area contributed by atoms with Crippen LogP contribution in [0.1, 0.15) is 70.8 Å². The Hall–Kier alpha value is -2.78. The van der Waals surface area contributed by atoms with Crippen LogP contribution in [0.25, 0.3) is 0 Å². The smallest absolute Gasteiger partial charge is 0.119 e. The lowest BCUT2D eigenvalue weighted by Crippen LogP contribution is -2.30. The summed E-state index contributed by atoms with van der Waals surface area (Å²) < 4.78 is 6.17. The van der Waals surface area contributed by atoms with E-state index < -0.39 is 0 Å². The summed E-state index contributed by atoms with van der Waals surface area (Å²) >= 11 is 0. The molecule has 0 unspecified atom stereocenters. The predicted octanol–water partition coefficient (Wildman–Crippen LogP) is 8.87. The van der Waals surface area contributed by atoms with Crippen molar-refractivity contribution in [3.05, 3.63) is 90.5 Å². The highest BCUT2D eigenvalue weighted by Gasteiger charge is 2.10. The lowest BCUT2D eigenvalue weighted by Gasteiger charge is -2.25. The van der Waals surface area contributed by atoms with Gasteiger partial charge >= 0.3 is 0 Å². The molecule has 0 aromatic heterocycles. The molecule has 0 fully saturated rings. The van der Waals surface area contributed by atoms with Crippen LogP contribution in [-0.4, -0.2) is 31.1 Å². The Morgan fingerprint density at radius 1 is 0.556 bits per heavy atom. The number of nitrogens with zero attached hydrogens (tertiary/aromatic N) is 2. The lowest BCUT2D eigenvalue weighted by molar-refractivity contribution is 0.202. The normalized spacial score (nSPS) is 11.1. The van der Waals surface area contributed by atoms with E-state index in [1.165, 1.54) is 81.4 Å². The Morgan fingerprint density at radius 3 is 1.58 bits per heavy atom. The minimum absolute atomic E-state index is 0.751. The first-order chi connectivity index (χ1) is 17.8. The van der Waals surface area contributed by atoms with E-state index in [-0.39, 0.29) is 0 Å². The molecule has 0 bridgehead atoms. The van der Waals surface area contributed by atoms with Crippen molar-refractivity contribution >= 4 is 11.4 Å². The zero-order chi connectivity index (χ0) is 25.3. The quantitative estimate of drug-likeness (QED) is 0.167. The molecule has 0 aliphatic carbocycles. The molecule has 3 aromatic carbocycles. The van der Waals surface area contributed by atoms with Crippen LogP contribution in [0.5, 0.6) is 5.75 Å². The standard InChI is InChI=1S/C33H46N2O/c1-3-5-7-15-25-34(26-16-8-6-4-2)27-28-36-33-23-21-30(22-24-33)29-35(31-17-11-9-12-18-31)32-19-13-10-14-20-32/h9-14,17-24H,3-8,15-16,25-29H2,1-2H3. The van der Waals surface area contributed by atoms with Crippen molar-refractivity contribution in [3.8, 4) is 5.75 Å². The minimum Gasteiger partial charge on any atom is -0.492 e. The van der Waals surface area contributed by atoms with Crippen LogP contribution in [0.15, 0.2) is 84.9 Å². The fourth-order valence-electron chi connectivity index (χ4n) is 4.57. The molecular formula is C33H46N2O. The van der Waals surface area contributed by atoms with Crippen molar-refractivity contribution in [3.63, 3.8) is 0 Å². The van der Waals surface area contributed by atoms with Gasteiger partial charge in [-0.05, 0) is 67.9 Å². The van der Waals surface area contributed by atoms with Gasteiger partial charge in [0.1, 0.15) is 12.4 Å². The van der Waals surface area contributed by atoms with Crippen LogP contribution < -0.4 is 9.64 Å². The van der Waals surface area contributed by atoms with Gasteiger partial charge in [-0.15, -0.1) is 0 Å². The second-order valence-corrected chi connectivity index (χ2v) is 9.71. The van der Waals surface area contributed by atoms with Crippen LogP contribution in [0.3, 0.4) is 0 Å². The molecule has 0 aliphatic rings. The molecule has 194 valence electrons. The fourth-order valence-corrected chi connectivity index (χ4v) is 4.57. The molecule has 0 heterocycles. The van der Waals surface area contributed by atoms with Crippen LogP contribution in [0.2, 0.25) is 0 Å². The number of hydrogen-bond donors (Lipinski definition) is 0. The summed E-state index contributed by atoms with van der Waals surface area (Å²) in [4.78, 5) is 4.96. The Labute approximate surface area is 220 Å². The van der Waals surface area contributed by atoms with E-state index in [2.05, 4.69) is 109 Å². The van der Waals surface area contributed by atoms with E-state index in [4.69, 9.17) is 4.74 Å². The van der Waals surface area contributed by atoms with Gasteiger partial charge in [-0.3, -0.25) is 4.90 Å². The maximum atomic E-state index is 6.17. The van der Waals surface area contributed by atoms with Crippen LogP contribution in [0.4, 0.5) is 11.4 Å². The van der Waals surface area contributed by atoms with Gasteiger partial charge in [-0.1, -0.05) is 101 Å². The summed E-state index contributed by atoms with van der Waals surface area (Å²) in [5.74, 6) is 0.960. The van der Waals surface area contributed by atoms with Gasteiger partial charge in [0.25, 0.3) is 0 Å². The van der Waals surface area contributed by atoms with Crippen LogP contribution >= 0.6 is 0 Å². The summed E-state index contributed by atoms with van der Waals surface area (Å²) in [6.45, 7) is 9.53. The first-order valence-electron chi connectivity index (χ1n) is 14.1. The van der Waals surface area contributed by atoms with Gasteiger partial charge in [-0.25, -0.2) is 0 Å². The molecule has 0 spiro atoms. The first-order valence-corrected chi connectivity index (χ1v) is 14.1. The monoisotopic (exact) mass is 486 g/mol. The molecule has 0 aliphatic heterocycles. The third-order valence-electron chi connectivity index (χ3n) is 6.73. The minimum atomic E-state index is 0.751. The van der Waals surface area contributed by atoms with E-state index in [0.29, 0.717) is 0 Å². The molecule has 0 radical (unpaired) electrons. The molecule has 0 saturated carbocycles. The maximum Gasteiger partial charge on any atom is 0.119 e. The largest absolute Gasteiger partial charge is 0.492 e. The highest BCUT2D eigenvalue weighted by molar-refractivity contribution is 5.63. The lowest BCUT2D eigenvalue weighted by atomic mass is 10.1. The van der Waals surface area contributed by atoms with E-state index in [1.807, 2.05) is 0 Å². The third-order valence-corrected chi connectivity index (χ3v) is 6.73. The molecule has 0 amide bonds. The van der Waals surface area contributed by atoms with Gasteiger partial charge in [0, 0.05) is 24.5 Å². The highest BCUT2D eigenvalue weighted by atomic mass is 16.5. The van der Waals surface area contributed by atoms with Crippen molar-refractivity contribution in [2.24, 2.45) is 0 Å². The molecular weight excluding hydrogens is 440 g/mol. The van der Waals surface area contributed by atoms with Gasteiger partial charge < -0.3 is 9.64 Å². The van der Waals surface area contributed by atoms with Crippen LogP contribution in [-0.2, 0) is 6.54 Å². The second kappa shape index (κ2) is 16.8. The van der Waals surface area contributed by atoms with Gasteiger partial charge in [0.15, 0.2) is 0 Å². The number of para-hydroxylation sites is 2. The zero-order valence-electron chi connectivity index (χ0n) is 22.6. The summed E-state index contributed by atoms with van der Waals surface area (Å²) in [7, 11) is 0. The van der Waals surface area contributed by atoms with Crippen molar-refractivity contribution in [1.29, 1.82) is 0 Å². The van der Waals surface area contributed by atoms with Gasteiger partial charge in [-0.2, -0.15) is 0 Å². The van der Waals surface area contributed by atoms with Crippen molar-refractivity contribution in [2.75, 3.05) is 31.1 Å². The van der Waals surface area contributed by atoms with Gasteiger partial charge in [0.05, 0.1) is 0 Å². The van der Waals surface area contributed by atoms with Crippen LogP contribution in [0, 0.1) is 0 Å². The van der Waals surface area contributed by atoms with E-state index >= 15 is 0 Å². The van der Waals surface area contributed by atoms with Crippen molar-refractivity contribution in [1.82, 2.24) is 4.90 Å². The number of ether oxygens (including phenoxy) is 1. The molecule has 0 atom stereocenters. The summed E-state index contributed by atoms with van der Waals surface area (Å²) in [5, 5.41) is 0. The first kappa shape index (κ1) is 27.8. The van der Waals surface area contributed by atoms with Crippen molar-refractivity contribution in [2.45, 2.75) is 71.8 Å². The molecule has 36 heavy (non-hydrogen) atoms. The van der Waals surface area contributed by atoms with Crippen molar-refractivity contribution < 1.29 is 4.74 Å². The summed E-state index contributed by atoms with van der Waals surface area (Å²) in [6.07, 6.45) is 10.6. The fraction of sp³-hybridized carbons (Fsp3) is 0.455. The Balaban J connectivity index is 1.52. The van der Waals surface area contributed by atoms with E-state index in [1.54, 1.807) is 0 Å². The number of benzene rings is 3. The average molecular weight is 487 g/mol. The third kappa shape index (κ3) is 10.1. The molecule has 3 nitrogen and oxygen atoms in total. The topological polar surface area (TPSA) is 15.7 Å². The van der Waals surface area contributed by atoms with E-state index in [0.717, 1.165) is 25.4 Å². The number of anilines is 2. The molecule has 0 saturated heterocycles. The molecule has 3 heteroatoms. The Kier molecular flexibility index (Phi) is 13.0. The number of rotatable bonds is 18. The zero-order valence-corrected chi connectivity index (χ0v) is 22.6. The highest BCUT2D eigenvalue weighted by Crippen LogP contribution is 2.27. The molecule has 3 aromatic rings. The Morgan fingerprint density at radius 2 is 1.08 bits per heavy atom. The molecule has 3 rings (SSSR count). The molecule has 0 N–H and O–H groups in total. The Bertz CT molecular complexity index is 875. The second-order valence-electron chi connectivity index (χ2n) is 9.71. The maximum absolute atomic E-state index is 6.17. The number of unbranched alkanes of at least 4 members (excludes halogenated alkanes) is 6. The average Bonchev–Trinajstić information content (AvgIpc) is 2.93.